The van der Waals surface area contributed by atoms with Crippen LogP contribution in [0.3, 0.4) is 0 Å². The molecular weight excluding hydrogens is 238 g/mol. The number of rotatable bonds is 4. The van der Waals surface area contributed by atoms with Crippen molar-refractivity contribution in [3.05, 3.63) is 65.5 Å². The molecule has 2 rings (SSSR count). The average molecular weight is 255 g/mol. The van der Waals surface area contributed by atoms with E-state index in [2.05, 4.69) is 4.98 Å². The Morgan fingerprint density at radius 3 is 2.63 bits per heavy atom. The highest BCUT2D eigenvalue weighted by atomic mass is 16.5. The van der Waals surface area contributed by atoms with Gasteiger partial charge in [-0.1, -0.05) is 30.3 Å². The first kappa shape index (κ1) is 13.3. The molecule has 0 radical (unpaired) electrons. The summed E-state index contributed by atoms with van der Waals surface area (Å²) in [6.45, 7) is 3.36. The number of nitrogens with zero attached hydrogens (tertiary/aromatic N) is 1. The summed E-state index contributed by atoms with van der Waals surface area (Å²) in [5.41, 5.74) is 3.04. The van der Waals surface area contributed by atoms with Crippen LogP contribution in [0.1, 0.15) is 29.8 Å². The highest BCUT2D eigenvalue weighted by Crippen LogP contribution is 2.22. The first-order valence-corrected chi connectivity index (χ1v) is 6.29. The van der Waals surface area contributed by atoms with Crippen LogP contribution in [-0.2, 0) is 16.0 Å². The number of ether oxygens (including phenoxy) is 1. The molecule has 0 N–H and O–H groups in total. The van der Waals surface area contributed by atoms with E-state index in [1.807, 2.05) is 49.4 Å². The van der Waals surface area contributed by atoms with Crippen LogP contribution in [0.4, 0.5) is 0 Å². The molecule has 0 amide bonds. The molecule has 1 aromatic carbocycles. The molecular formula is C16H17NO2. The Labute approximate surface area is 113 Å². The normalized spacial score (nSPS) is 11.9. The Balaban J connectivity index is 2.23. The highest BCUT2D eigenvalue weighted by Gasteiger charge is 2.15. The van der Waals surface area contributed by atoms with E-state index in [1.54, 1.807) is 6.20 Å². The van der Waals surface area contributed by atoms with Gasteiger partial charge in [0.25, 0.3) is 0 Å². The number of benzene rings is 1. The fraction of sp³-hybridized carbons (Fsp3) is 0.250. The van der Waals surface area contributed by atoms with Gasteiger partial charge in [-0.15, -0.1) is 0 Å². The van der Waals surface area contributed by atoms with Crippen molar-refractivity contribution in [2.75, 3.05) is 0 Å². The molecule has 3 heteroatoms. The fourth-order valence-electron chi connectivity index (χ4n) is 2.02. The van der Waals surface area contributed by atoms with Gasteiger partial charge in [-0.2, -0.15) is 0 Å². The van der Waals surface area contributed by atoms with E-state index >= 15 is 0 Å². The minimum Gasteiger partial charge on any atom is -0.457 e. The molecule has 0 aliphatic carbocycles. The maximum Gasteiger partial charge on any atom is 0.303 e. The summed E-state index contributed by atoms with van der Waals surface area (Å²) >= 11 is 0. The predicted molar refractivity (Wildman–Crippen MR) is 73.6 cm³/mol. The van der Waals surface area contributed by atoms with Gasteiger partial charge in [-0.05, 0) is 30.2 Å². The van der Waals surface area contributed by atoms with Gasteiger partial charge in [-0.25, -0.2) is 0 Å². The summed E-state index contributed by atoms with van der Waals surface area (Å²) in [5, 5.41) is 0. The minimum atomic E-state index is -0.268. The summed E-state index contributed by atoms with van der Waals surface area (Å²) in [6, 6.07) is 13.9. The van der Waals surface area contributed by atoms with Crippen molar-refractivity contribution in [1.29, 1.82) is 0 Å². The Bertz CT molecular complexity index is 552. The number of aromatic nitrogens is 1. The summed E-state index contributed by atoms with van der Waals surface area (Å²) in [7, 11) is 0. The van der Waals surface area contributed by atoms with E-state index < -0.39 is 0 Å². The van der Waals surface area contributed by atoms with Crippen molar-refractivity contribution in [2.24, 2.45) is 0 Å². The standard InChI is InChI=1S/C16H17NO2/c1-12-10-15(8-9-17-12)16(19-13(2)18)11-14-6-4-3-5-7-14/h3-10,16H,11H2,1-2H3. The van der Waals surface area contributed by atoms with Gasteiger partial charge in [-0.3, -0.25) is 9.78 Å². The van der Waals surface area contributed by atoms with Gasteiger partial charge < -0.3 is 4.74 Å². The Hall–Kier alpha value is -2.16. The van der Waals surface area contributed by atoms with Crippen LogP contribution in [0.2, 0.25) is 0 Å². The third-order valence-corrected chi connectivity index (χ3v) is 2.86. The number of hydrogen-bond acceptors (Lipinski definition) is 3. The van der Waals surface area contributed by atoms with Gasteiger partial charge in [0.1, 0.15) is 6.10 Å². The van der Waals surface area contributed by atoms with Gasteiger partial charge in [0, 0.05) is 25.2 Å². The first-order chi connectivity index (χ1) is 9.15. The lowest BCUT2D eigenvalue weighted by atomic mass is 10.0. The monoisotopic (exact) mass is 255 g/mol. The van der Waals surface area contributed by atoms with E-state index in [9.17, 15) is 4.79 Å². The second kappa shape index (κ2) is 6.14. The second-order valence-corrected chi connectivity index (χ2v) is 4.52. The maximum absolute atomic E-state index is 11.3. The molecule has 0 aliphatic rings. The summed E-state index contributed by atoms with van der Waals surface area (Å²) in [4.78, 5) is 15.4. The smallest absolute Gasteiger partial charge is 0.303 e. The molecule has 0 spiro atoms. The molecule has 0 saturated carbocycles. The molecule has 0 saturated heterocycles. The first-order valence-electron chi connectivity index (χ1n) is 6.29. The third-order valence-electron chi connectivity index (χ3n) is 2.86. The zero-order valence-electron chi connectivity index (χ0n) is 11.2. The van der Waals surface area contributed by atoms with E-state index in [-0.39, 0.29) is 12.1 Å². The molecule has 1 atom stereocenters. The van der Waals surface area contributed by atoms with E-state index in [0.717, 1.165) is 16.8 Å². The van der Waals surface area contributed by atoms with Crippen molar-refractivity contribution in [2.45, 2.75) is 26.4 Å². The Kier molecular flexibility index (Phi) is 4.29. The number of aryl methyl sites for hydroxylation is 1. The fourth-order valence-corrected chi connectivity index (χ4v) is 2.02. The van der Waals surface area contributed by atoms with Gasteiger partial charge in [0.05, 0.1) is 0 Å². The lowest BCUT2D eigenvalue weighted by molar-refractivity contribution is -0.146. The van der Waals surface area contributed by atoms with Crippen molar-refractivity contribution >= 4 is 5.97 Å². The average Bonchev–Trinajstić information content (AvgIpc) is 2.39. The van der Waals surface area contributed by atoms with Crippen molar-refractivity contribution in [1.82, 2.24) is 4.98 Å². The van der Waals surface area contributed by atoms with Crippen LogP contribution in [0.15, 0.2) is 48.7 Å². The zero-order chi connectivity index (χ0) is 13.7. The quantitative estimate of drug-likeness (QED) is 0.787. The summed E-state index contributed by atoms with van der Waals surface area (Å²) in [6.07, 6.45) is 2.15. The molecule has 0 bridgehead atoms. The Morgan fingerprint density at radius 2 is 2.00 bits per heavy atom. The number of hydrogen-bond donors (Lipinski definition) is 0. The van der Waals surface area contributed by atoms with Crippen molar-refractivity contribution in [3.8, 4) is 0 Å². The molecule has 0 aliphatic heterocycles. The van der Waals surface area contributed by atoms with Crippen molar-refractivity contribution < 1.29 is 9.53 Å². The van der Waals surface area contributed by atoms with Crippen LogP contribution in [0, 0.1) is 6.92 Å². The SMILES string of the molecule is CC(=O)OC(Cc1ccccc1)c1ccnc(C)c1. The molecule has 19 heavy (non-hydrogen) atoms. The molecule has 1 aromatic heterocycles. The minimum absolute atomic E-state index is 0.262. The van der Waals surface area contributed by atoms with E-state index in [4.69, 9.17) is 4.74 Å². The number of carbonyl (C=O) groups excluding carboxylic acids is 1. The molecule has 2 aromatic rings. The topological polar surface area (TPSA) is 39.2 Å². The molecule has 98 valence electrons. The number of esters is 1. The maximum atomic E-state index is 11.3. The largest absolute Gasteiger partial charge is 0.457 e. The molecule has 0 fully saturated rings. The van der Waals surface area contributed by atoms with Crippen molar-refractivity contribution in [3.63, 3.8) is 0 Å². The van der Waals surface area contributed by atoms with Crippen LogP contribution < -0.4 is 0 Å². The van der Waals surface area contributed by atoms with Crippen LogP contribution >= 0.6 is 0 Å². The highest BCUT2D eigenvalue weighted by molar-refractivity contribution is 5.66. The van der Waals surface area contributed by atoms with Gasteiger partial charge >= 0.3 is 5.97 Å². The summed E-state index contributed by atoms with van der Waals surface area (Å²) < 4.78 is 5.43. The zero-order valence-corrected chi connectivity index (χ0v) is 11.2. The molecule has 1 unspecified atom stereocenters. The van der Waals surface area contributed by atoms with E-state index in [0.29, 0.717) is 6.42 Å². The van der Waals surface area contributed by atoms with E-state index in [1.165, 1.54) is 6.92 Å². The second-order valence-electron chi connectivity index (χ2n) is 4.52. The number of pyridine rings is 1. The Morgan fingerprint density at radius 1 is 1.26 bits per heavy atom. The van der Waals surface area contributed by atoms with Crippen LogP contribution in [-0.4, -0.2) is 11.0 Å². The third kappa shape index (κ3) is 3.91. The predicted octanol–water partition coefficient (Wildman–Crippen LogP) is 3.24. The lowest BCUT2D eigenvalue weighted by Gasteiger charge is -2.17. The molecule has 3 nitrogen and oxygen atoms in total. The lowest BCUT2D eigenvalue weighted by Crippen LogP contribution is -2.11. The van der Waals surface area contributed by atoms with Crippen LogP contribution in [0.25, 0.3) is 0 Å². The number of carbonyl (C=O) groups is 1. The molecule has 1 heterocycles. The van der Waals surface area contributed by atoms with Gasteiger partial charge in [0.2, 0.25) is 0 Å². The summed E-state index contributed by atoms with van der Waals surface area (Å²) in [5.74, 6) is -0.268. The van der Waals surface area contributed by atoms with Gasteiger partial charge in [0.15, 0.2) is 0 Å². The van der Waals surface area contributed by atoms with Crippen LogP contribution in [0.5, 0.6) is 0 Å².